The van der Waals surface area contributed by atoms with Gasteiger partial charge in [0.05, 0.1) is 0 Å². The van der Waals surface area contributed by atoms with Crippen molar-refractivity contribution in [2.45, 2.75) is 27.0 Å². The number of aliphatic carboxylic acids is 1. The molecule has 0 rings (SSSR count). The maximum Gasteiger partial charge on any atom is 0.327 e. The number of aliphatic hydroxyl groups is 1. The van der Waals surface area contributed by atoms with Crippen LogP contribution in [0.4, 0.5) is 0 Å². The molecule has 0 aliphatic rings. The summed E-state index contributed by atoms with van der Waals surface area (Å²) in [6, 6.07) is 0. The molecular weight excluding hydrogens is 170 g/mol. The minimum atomic E-state index is -0.981. The third-order valence-electron chi connectivity index (χ3n) is 1.52. The highest BCUT2D eigenvalue weighted by Gasteiger charge is 2.02. The van der Waals surface area contributed by atoms with Crippen LogP contribution in [-0.4, -0.2) is 40.4 Å². The Morgan fingerprint density at radius 2 is 1.85 bits per heavy atom. The zero-order valence-electron chi connectivity index (χ0n) is 8.53. The van der Waals surface area contributed by atoms with Crippen LogP contribution in [0.2, 0.25) is 0 Å². The number of hydrogen-bond acceptors (Lipinski definition) is 3. The van der Waals surface area contributed by atoms with Crippen LogP contribution in [-0.2, 0) is 4.79 Å². The van der Waals surface area contributed by atoms with Gasteiger partial charge >= 0.3 is 5.97 Å². The first-order chi connectivity index (χ1) is 5.99. The molecule has 0 aromatic rings. The van der Waals surface area contributed by atoms with Gasteiger partial charge in [-0.05, 0) is 20.0 Å². The van der Waals surface area contributed by atoms with Gasteiger partial charge in [-0.15, -0.1) is 0 Å². The predicted molar refractivity (Wildman–Crippen MR) is 52.4 cm³/mol. The van der Waals surface area contributed by atoms with Gasteiger partial charge in [-0.1, -0.05) is 20.4 Å². The SMILES string of the molecule is C=CC(=O)O.CCN(CC)C(C)O. The van der Waals surface area contributed by atoms with Gasteiger partial charge in [-0.2, -0.15) is 0 Å². The number of carbonyl (C=O) groups is 1. The van der Waals surface area contributed by atoms with E-state index in [9.17, 15) is 4.79 Å². The summed E-state index contributed by atoms with van der Waals surface area (Å²) in [5.74, 6) is -0.981. The lowest BCUT2D eigenvalue weighted by Gasteiger charge is -2.20. The maximum absolute atomic E-state index is 9.25. The summed E-state index contributed by atoms with van der Waals surface area (Å²) in [6.07, 6.45) is 0.546. The molecule has 0 aliphatic carbocycles. The van der Waals surface area contributed by atoms with E-state index < -0.39 is 5.97 Å². The molecule has 78 valence electrons. The van der Waals surface area contributed by atoms with Crippen molar-refractivity contribution >= 4 is 5.97 Å². The minimum Gasteiger partial charge on any atom is -0.478 e. The smallest absolute Gasteiger partial charge is 0.327 e. The van der Waals surface area contributed by atoms with Crippen LogP contribution in [0.15, 0.2) is 12.7 Å². The van der Waals surface area contributed by atoms with E-state index in [1.54, 1.807) is 6.92 Å². The van der Waals surface area contributed by atoms with Crippen molar-refractivity contribution in [3.8, 4) is 0 Å². The molecule has 2 N–H and O–H groups in total. The number of carboxylic acid groups (broad SMARTS) is 1. The molecule has 4 nitrogen and oxygen atoms in total. The molecule has 1 unspecified atom stereocenters. The Balaban J connectivity index is 0. The summed E-state index contributed by atoms with van der Waals surface area (Å²) in [5, 5.41) is 16.5. The van der Waals surface area contributed by atoms with Gasteiger partial charge in [-0.25, -0.2) is 4.79 Å². The fourth-order valence-corrected chi connectivity index (χ4v) is 0.752. The van der Waals surface area contributed by atoms with Gasteiger partial charge in [-0.3, -0.25) is 4.90 Å². The largest absolute Gasteiger partial charge is 0.478 e. The van der Waals surface area contributed by atoms with E-state index in [-0.39, 0.29) is 6.23 Å². The molecule has 0 saturated carbocycles. The van der Waals surface area contributed by atoms with E-state index in [1.807, 2.05) is 18.7 Å². The molecule has 0 saturated heterocycles. The Morgan fingerprint density at radius 3 is 1.85 bits per heavy atom. The third kappa shape index (κ3) is 11.1. The summed E-state index contributed by atoms with van der Waals surface area (Å²) in [4.78, 5) is 11.2. The van der Waals surface area contributed by atoms with E-state index in [2.05, 4.69) is 6.58 Å². The molecule has 0 radical (unpaired) electrons. The van der Waals surface area contributed by atoms with Crippen LogP contribution in [0.1, 0.15) is 20.8 Å². The highest BCUT2D eigenvalue weighted by Crippen LogP contribution is 1.91. The van der Waals surface area contributed by atoms with Gasteiger partial charge in [0, 0.05) is 6.08 Å². The number of nitrogens with zero attached hydrogens (tertiary/aromatic N) is 1. The summed E-state index contributed by atoms with van der Waals surface area (Å²) in [5.41, 5.74) is 0. The molecule has 0 spiro atoms. The number of carboxylic acids is 1. The molecule has 0 heterocycles. The van der Waals surface area contributed by atoms with Gasteiger partial charge in [0.1, 0.15) is 6.23 Å². The molecule has 0 aliphatic heterocycles. The molecule has 0 aromatic carbocycles. The maximum atomic E-state index is 9.25. The van der Waals surface area contributed by atoms with Crippen molar-refractivity contribution in [3.63, 3.8) is 0 Å². The molecule has 0 aromatic heterocycles. The van der Waals surface area contributed by atoms with Crippen LogP contribution >= 0.6 is 0 Å². The summed E-state index contributed by atoms with van der Waals surface area (Å²) >= 11 is 0. The van der Waals surface area contributed by atoms with Crippen molar-refractivity contribution in [3.05, 3.63) is 12.7 Å². The second-order valence-electron chi connectivity index (χ2n) is 2.40. The fourth-order valence-electron chi connectivity index (χ4n) is 0.752. The molecule has 4 heteroatoms. The Kier molecular flexibility index (Phi) is 10.4. The Morgan fingerprint density at radius 1 is 1.54 bits per heavy atom. The zero-order chi connectivity index (χ0) is 10.9. The third-order valence-corrected chi connectivity index (χ3v) is 1.52. The van der Waals surface area contributed by atoms with Crippen molar-refractivity contribution in [2.24, 2.45) is 0 Å². The Hall–Kier alpha value is -0.870. The molecule has 13 heavy (non-hydrogen) atoms. The lowest BCUT2D eigenvalue weighted by atomic mass is 10.5. The Bertz CT molecular complexity index is 142. The van der Waals surface area contributed by atoms with Crippen molar-refractivity contribution in [1.82, 2.24) is 4.90 Å². The quantitative estimate of drug-likeness (QED) is 0.510. The standard InChI is InChI=1S/C6H15NO.C3H4O2/c1-4-7(5-2)6(3)8;1-2-3(4)5/h6,8H,4-5H2,1-3H3;2H,1H2,(H,4,5). The average molecular weight is 189 g/mol. The van der Waals surface area contributed by atoms with E-state index in [4.69, 9.17) is 10.2 Å². The number of aliphatic hydroxyl groups excluding tert-OH is 1. The summed E-state index contributed by atoms with van der Waals surface area (Å²) in [7, 11) is 0. The predicted octanol–water partition coefficient (Wildman–Crippen LogP) is 0.923. The Labute approximate surface area is 79.5 Å². The first-order valence-electron chi connectivity index (χ1n) is 4.27. The second-order valence-corrected chi connectivity index (χ2v) is 2.40. The van der Waals surface area contributed by atoms with Crippen molar-refractivity contribution in [2.75, 3.05) is 13.1 Å². The monoisotopic (exact) mass is 189 g/mol. The first-order valence-corrected chi connectivity index (χ1v) is 4.27. The highest BCUT2D eigenvalue weighted by molar-refractivity contribution is 5.78. The van der Waals surface area contributed by atoms with E-state index in [0.717, 1.165) is 19.2 Å². The zero-order valence-corrected chi connectivity index (χ0v) is 8.53. The van der Waals surface area contributed by atoms with Gasteiger partial charge < -0.3 is 10.2 Å². The lowest BCUT2D eigenvalue weighted by Crippen LogP contribution is -2.32. The first kappa shape index (κ1) is 14.6. The lowest BCUT2D eigenvalue weighted by molar-refractivity contribution is -0.131. The molecule has 0 amide bonds. The molecular formula is C9H19NO3. The van der Waals surface area contributed by atoms with Crippen LogP contribution in [0, 0.1) is 0 Å². The summed E-state index contributed by atoms with van der Waals surface area (Å²) in [6.45, 7) is 10.7. The molecule has 1 atom stereocenters. The van der Waals surface area contributed by atoms with Crippen molar-refractivity contribution in [1.29, 1.82) is 0 Å². The van der Waals surface area contributed by atoms with E-state index in [1.165, 1.54) is 0 Å². The number of hydrogen-bond donors (Lipinski definition) is 2. The summed E-state index contributed by atoms with van der Waals surface area (Å²) < 4.78 is 0. The van der Waals surface area contributed by atoms with Crippen LogP contribution < -0.4 is 0 Å². The molecule has 0 bridgehead atoms. The van der Waals surface area contributed by atoms with Gasteiger partial charge in [0.2, 0.25) is 0 Å². The van der Waals surface area contributed by atoms with Gasteiger partial charge in [0.15, 0.2) is 0 Å². The second kappa shape index (κ2) is 9.22. The normalized spacial score (nSPS) is 11.5. The van der Waals surface area contributed by atoms with Crippen LogP contribution in [0.25, 0.3) is 0 Å². The van der Waals surface area contributed by atoms with E-state index >= 15 is 0 Å². The van der Waals surface area contributed by atoms with Crippen molar-refractivity contribution < 1.29 is 15.0 Å². The highest BCUT2D eigenvalue weighted by atomic mass is 16.4. The van der Waals surface area contributed by atoms with Gasteiger partial charge in [0.25, 0.3) is 0 Å². The number of rotatable bonds is 4. The van der Waals surface area contributed by atoms with Crippen LogP contribution in [0.5, 0.6) is 0 Å². The minimum absolute atomic E-state index is 0.287. The topological polar surface area (TPSA) is 60.8 Å². The fraction of sp³-hybridized carbons (Fsp3) is 0.667. The average Bonchev–Trinajstić information content (AvgIpc) is 2.07. The van der Waals surface area contributed by atoms with Crippen LogP contribution in [0.3, 0.4) is 0 Å². The van der Waals surface area contributed by atoms with E-state index in [0.29, 0.717) is 0 Å². The molecule has 0 fully saturated rings.